The zero-order chi connectivity index (χ0) is 20.1. The number of carbonyl (C=O) groups excluding carboxylic acids is 3. The molecule has 1 aliphatic heterocycles. The molecule has 2 aromatic rings. The smallest absolute Gasteiger partial charge is 0.289 e. The molecule has 1 aliphatic rings. The lowest BCUT2D eigenvalue weighted by molar-refractivity contribution is -0.121. The van der Waals surface area contributed by atoms with Crippen molar-refractivity contribution in [2.45, 2.75) is 17.7 Å². The van der Waals surface area contributed by atoms with Gasteiger partial charge in [-0.1, -0.05) is 0 Å². The normalized spacial score (nSPS) is 14.6. The quantitative estimate of drug-likeness (QED) is 0.793. The summed E-state index contributed by atoms with van der Waals surface area (Å²) < 4.78 is 5.15. The number of rotatable bonds is 4. The highest BCUT2D eigenvalue weighted by Gasteiger charge is 2.28. The summed E-state index contributed by atoms with van der Waals surface area (Å²) in [6, 6.07) is 10.5. The van der Waals surface area contributed by atoms with E-state index in [0.717, 1.165) is 16.7 Å². The van der Waals surface area contributed by atoms with E-state index in [9.17, 15) is 14.4 Å². The van der Waals surface area contributed by atoms with Gasteiger partial charge in [0.05, 0.1) is 6.26 Å². The van der Waals surface area contributed by atoms with Crippen molar-refractivity contribution >= 4 is 34.5 Å². The van der Waals surface area contributed by atoms with Gasteiger partial charge in [-0.15, -0.1) is 0 Å². The van der Waals surface area contributed by atoms with Crippen LogP contribution in [0.15, 0.2) is 52.0 Å². The van der Waals surface area contributed by atoms with E-state index >= 15 is 0 Å². The van der Waals surface area contributed by atoms with Crippen LogP contribution in [0.4, 0.5) is 10.5 Å². The van der Waals surface area contributed by atoms with Gasteiger partial charge >= 0.3 is 0 Å². The van der Waals surface area contributed by atoms with Gasteiger partial charge in [-0.25, -0.2) is 0 Å². The predicted octanol–water partition coefficient (Wildman–Crippen LogP) is 3.54. The van der Waals surface area contributed by atoms with Crippen molar-refractivity contribution in [1.29, 1.82) is 0 Å². The summed E-state index contributed by atoms with van der Waals surface area (Å²) in [5.41, 5.74) is 0.695. The van der Waals surface area contributed by atoms with Crippen molar-refractivity contribution in [3.63, 3.8) is 0 Å². The Balaban J connectivity index is 1.49. The van der Waals surface area contributed by atoms with E-state index < -0.39 is 0 Å². The molecule has 1 saturated heterocycles. The Morgan fingerprint density at radius 3 is 2.36 bits per heavy atom. The fourth-order valence-corrected chi connectivity index (χ4v) is 3.60. The third-order valence-corrected chi connectivity index (χ3v) is 5.62. The highest BCUT2D eigenvalue weighted by atomic mass is 32.2. The van der Waals surface area contributed by atoms with Gasteiger partial charge in [0, 0.05) is 43.7 Å². The zero-order valence-corrected chi connectivity index (χ0v) is 16.7. The number of benzene rings is 1. The Kier molecular flexibility index (Phi) is 6.41. The van der Waals surface area contributed by atoms with Crippen molar-refractivity contribution in [3.8, 4) is 0 Å². The molecule has 0 radical (unpaired) electrons. The minimum atomic E-state index is -0.135. The third kappa shape index (κ3) is 4.95. The number of hydrogen-bond acceptors (Lipinski definition) is 5. The summed E-state index contributed by atoms with van der Waals surface area (Å²) >= 11 is 1.14. The molecule has 2 heterocycles. The monoisotopic (exact) mass is 401 g/mol. The Hall–Kier alpha value is -2.74. The minimum absolute atomic E-state index is 0.0464. The standard InChI is InChI=1S/C20H23N3O4S/c1-22(2)20(26)28-16-7-5-15(6-8-16)21-18(24)14-9-11-23(12-10-14)19(25)17-4-3-13-27-17/h3-8,13-14H,9-12H2,1-2H3,(H,21,24). The second-order valence-corrected chi connectivity index (χ2v) is 7.84. The van der Waals surface area contributed by atoms with E-state index in [0.29, 0.717) is 37.4 Å². The van der Waals surface area contributed by atoms with E-state index in [4.69, 9.17) is 4.42 Å². The number of nitrogens with zero attached hydrogens (tertiary/aromatic N) is 2. The summed E-state index contributed by atoms with van der Waals surface area (Å²) in [6.07, 6.45) is 2.71. The first-order valence-electron chi connectivity index (χ1n) is 9.07. The molecule has 1 aromatic carbocycles. The number of likely N-dealkylation sites (tertiary alicyclic amines) is 1. The molecule has 148 valence electrons. The number of piperidine rings is 1. The molecule has 0 aliphatic carbocycles. The minimum Gasteiger partial charge on any atom is -0.459 e. The Morgan fingerprint density at radius 2 is 1.79 bits per heavy atom. The number of amides is 3. The van der Waals surface area contributed by atoms with Gasteiger partial charge in [-0.05, 0) is 61.0 Å². The van der Waals surface area contributed by atoms with Crippen LogP contribution in [0.3, 0.4) is 0 Å². The number of carbonyl (C=O) groups is 3. The van der Waals surface area contributed by atoms with Gasteiger partial charge in [-0.2, -0.15) is 0 Å². The lowest BCUT2D eigenvalue weighted by atomic mass is 9.95. The van der Waals surface area contributed by atoms with Crippen LogP contribution < -0.4 is 5.32 Å². The molecular formula is C20H23N3O4S. The Morgan fingerprint density at radius 1 is 1.11 bits per heavy atom. The van der Waals surface area contributed by atoms with Crippen molar-refractivity contribution < 1.29 is 18.8 Å². The Bertz CT molecular complexity index is 826. The molecular weight excluding hydrogens is 378 g/mol. The second kappa shape index (κ2) is 8.97. The van der Waals surface area contributed by atoms with Gasteiger partial charge in [0.25, 0.3) is 11.1 Å². The molecule has 0 unspecified atom stereocenters. The molecule has 3 amide bonds. The highest BCUT2D eigenvalue weighted by Crippen LogP contribution is 2.24. The number of thioether (sulfide) groups is 1. The molecule has 0 bridgehead atoms. The molecule has 0 atom stereocenters. The van der Waals surface area contributed by atoms with Crippen LogP contribution in [0.2, 0.25) is 0 Å². The molecule has 1 fully saturated rings. The van der Waals surface area contributed by atoms with Gasteiger partial charge in [0.1, 0.15) is 0 Å². The van der Waals surface area contributed by atoms with Gasteiger partial charge in [-0.3, -0.25) is 14.4 Å². The molecule has 7 nitrogen and oxygen atoms in total. The fraction of sp³-hybridized carbons (Fsp3) is 0.350. The summed E-state index contributed by atoms with van der Waals surface area (Å²) in [5, 5.41) is 2.87. The van der Waals surface area contributed by atoms with Crippen molar-refractivity contribution in [1.82, 2.24) is 9.80 Å². The van der Waals surface area contributed by atoms with E-state index in [1.807, 2.05) is 12.1 Å². The van der Waals surface area contributed by atoms with Crippen molar-refractivity contribution in [2.24, 2.45) is 5.92 Å². The van der Waals surface area contributed by atoms with Crippen LogP contribution in [0.1, 0.15) is 23.4 Å². The maximum Gasteiger partial charge on any atom is 0.289 e. The fourth-order valence-electron chi connectivity index (χ4n) is 2.94. The lowest BCUT2D eigenvalue weighted by Gasteiger charge is -2.30. The van der Waals surface area contributed by atoms with Gasteiger partial charge in [0.2, 0.25) is 5.91 Å². The SMILES string of the molecule is CN(C)C(=O)Sc1ccc(NC(=O)C2CCN(C(=O)c3ccco3)CC2)cc1. The number of nitrogens with one attached hydrogen (secondary N) is 1. The summed E-state index contributed by atoms with van der Waals surface area (Å²) in [4.78, 5) is 40.6. The highest BCUT2D eigenvalue weighted by molar-refractivity contribution is 8.13. The third-order valence-electron chi connectivity index (χ3n) is 4.58. The summed E-state index contributed by atoms with van der Waals surface area (Å²) in [5.74, 6) is 0.0118. The van der Waals surface area contributed by atoms with E-state index in [-0.39, 0.29) is 23.0 Å². The first-order valence-corrected chi connectivity index (χ1v) is 9.88. The van der Waals surface area contributed by atoms with E-state index in [1.54, 1.807) is 43.3 Å². The molecule has 0 saturated carbocycles. The lowest BCUT2D eigenvalue weighted by Crippen LogP contribution is -2.41. The molecule has 0 spiro atoms. The molecule has 8 heteroatoms. The van der Waals surface area contributed by atoms with E-state index in [2.05, 4.69) is 5.32 Å². The van der Waals surface area contributed by atoms with E-state index in [1.165, 1.54) is 11.2 Å². The first-order chi connectivity index (χ1) is 13.4. The predicted molar refractivity (Wildman–Crippen MR) is 107 cm³/mol. The molecule has 28 heavy (non-hydrogen) atoms. The first kappa shape index (κ1) is 20.0. The second-order valence-electron chi connectivity index (χ2n) is 6.82. The van der Waals surface area contributed by atoms with Crippen molar-refractivity contribution in [2.75, 3.05) is 32.5 Å². The molecule has 1 aromatic heterocycles. The van der Waals surface area contributed by atoms with Crippen molar-refractivity contribution in [3.05, 3.63) is 48.4 Å². The van der Waals surface area contributed by atoms with Gasteiger partial charge in [0.15, 0.2) is 5.76 Å². The van der Waals surface area contributed by atoms with Gasteiger partial charge < -0.3 is 19.5 Å². The summed E-state index contributed by atoms with van der Waals surface area (Å²) in [7, 11) is 3.41. The molecule has 3 rings (SSSR count). The number of anilines is 1. The molecule has 1 N–H and O–H groups in total. The maximum atomic E-state index is 12.5. The van der Waals surface area contributed by atoms with Crippen LogP contribution in [0, 0.1) is 5.92 Å². The number of furan rings is 1. The van der Waals surface area contributed by atoms with Crippen LogP contribution in [-0.2, 0) is 4.79 Å². The topological polar surface area (TPSA) is 82.9 Å². The average Bonchev–Trinajstić information content (AvgIpc) is 3.23. The van der Waals surface area contributed by atoms with Crippen LogP contribution >= 0.6 is 11.8 Å². The number of hydrogen-bond donors (Lipinski definition) is 1. The summed E-state index contributed by atoms with van der Waals surface area (Å²) in [6.45, 7) is 1.06. The maximum absolute atomic E-state index is 12.5. The van der Waals surface area contributed by atoms with Crippen LogP contribution in [0.5, 0.6) is 0 Å². The largest absolute Gasteiger partial charge is 0.459 e. The average molecular weight is 401 g/mol. The van der Waals surface area contributed by atoms with Crippen LogP contribution in [-0.4, -0.2) is 54.0 Å². The van der Waals surface area contributed by atoms with Crippen LogP contribution in [0.25, 0.3) is 0 Å². The Labute approximate surface area is 168 Å². The zero-order valence-electron chi connectivity index (χ0n) is 15.9.